The molecule has 0 aliphatic carbocycles. The number of likely N-dealkylation sites (tertiary alicyclic amines) is 1. The number of methoxy groups -OCH3 is 1. The summed E-state index contributed by atoms with van der Waals surface area (Å²) >= 11 is 7.29. The van der Waals surface area contributed by atoms with Crippen molar-refractivity contribution in [1.82, 2.24) is 19.4 Å². The highest BCUT2D eigenvalue weighted by Crippen LogP contribution is 2.31. The molecule has 1 aliphatic heterocycles. The van der Waals surface area contributed by atoms with E-state index in [-0.39, 0.29) is 11.8 Å². The zero-order valence-electron chi connectivity index (χ0n) is 14.4. The first kappa shape index (κ1) is 17.5. The van der Waals surface area contributed by atoms with Gasteiger partial charge in [0.2, 0.25) is 0 Å². The molecule has 3 aromatic heterocycles. The SMILES string of the molecule is COCCn1c([C@@H]2CCN(C(=O)c3ccc(Cl)s3)C2)nc2cccnc21. The highest BCUT2D eigenvalue weighted by molar-refractivity contribution is 7.17. The first-order valence-electron chi connectivity index (χ1n) is 8.52. The van der Waals surface area contributed by atoms with Gasteiger partial charge in [0.25, 0.3) is 5.91 Å². The summed E-state index contributed by atoms with van der Waals surface area (Å²) in [5, 5.41) is 0. The summed E-state index contributed by atoms with van der Waals surface area (Å²) in [4.78, 5) is 24.5. The van der Waals surface area contributed by atoms with Gasteiger partial charge in [-0.15, -0.1) is 11.3 Å². The van der Waals surface area contributed by atoms with Crippen LogP contribution < -0.4 is 0 Å². The van der Waals surface area contributed by atoms with Crippen LogP contribution in [0.1, 0.15) is 27.8 Å². The van der Waals surface area contributed by atoms with Crippen LogP contribution in [-0.2, 0) is 11.3 Å². The van der Waals surface area contributed by atoms with Gasteiger partial charge in [-0.05, 0) is 30.7 Å². The van der Waals surface area contributed by atoms with Gasteiger partial charge in [-0.3, -0.25) is 4.79 Å². The van der Waals surface area contributed by atoms with Crippen molar-refractivity contribution in [2.24, 2.45) is 0 Å². The fourth-order valence-electron chi connectivity index (χ4n) is 3.43. The number of nitrogens with zero attached hydrogens (tertiary/aromatic N) is 4. The number of imidazole rings is 1. The van der Waals surface area contributed by atoms with E-state index in [9.17, 15) is 4.79 Å². The largest absolute Gasteiger partial charge is 0.383 e. The Kier molecular flexibility index (Phi) is 4.93. The molecule has 3 aromatic rings. The van der Waals surface area contributed by atoms with Crippen LogP contribution in [0, 0.1) is 0 Å². The maximum atomic E-state index is 12.7. The van der Waals surface area contributed by atoms with Crippen LogP contribution in [-0.4, -0.2) is 52.1 Å². The Morgan fingerprint density at radius 2 is 2.31 bits per heavy atom. The lowest BCUT2D eigenvalue weighted by molar-refractivity contribution is 0.0795. The van der Waals surface area contributed by atoms with E-state index >= 15 is 0 Å². The first-order valence-corrected chi connectivity index (χ1v) is 9.71. The first-order chi connectivity index (χ1) is 12.7. The Morgan fingerprint density at radius 3 is 3.08 bits per heavy atom. The number of fused-ring (bicyclic) bond motifs is 1. The number of rotatable bonds is 5. The van der Waals surface area contributed by atoms with Crippen LogP contribution in [0.3, 0.4) is 0 Å². The maximum absolute atomic E-state index is 12.7. The number of hydrogen-bond acceptors (Lipinski definition) is 5. The van der Waals surface area contributed by atoms with Crippen molar-refractivity contribution in [2.45, 2.75) is 18.9 Å². The Labute approximate surface area is 160 Å². The summed E-state index contributed by atoms with van der Waals surface area (Å²) in [5.41, 5.74) is 1.75. The number of carbonyl (C=O) groups excluding carboxylic acids is 1. The van der Waals surface area contributed by atoms with Crippen LogP contribution in [0.25, 0.3) is 11.2 Å². The second kappa shape index (κ2) is 7.34. The molecule has 1 atom stereocenters. The molecule has 4 rings (SSSR count). The van der Waals surface area contributed by atoms with Crippen molar-refractivity contribution in [3.05, 3.63) is 45.5 Å². The summed E-state index contributed by atoms with van der Waals surface area (Å²) in [6.45, 7) is 2.67. The number of pyridine rings is 1. The lowest BCUT2D eigenvalue weighted by atomic mass is 10.1. The Morgan fingerprint density at radius 1 is 1.42 bits per heavy atom. The molecule has 0 spiro atoms. The quantitative estimate of drug-likeness (QED) is 0.669. The molecule has 26 heavy (non-hydrogen) atoms. The third kappa shape index (κ3) is 3.22. The third-order valence-electron chi connectivity index (χ3n) is 4.68. The molecule has 1 aliphatic rings. The predicted octanol–water partition coefficient (Wildman–Crippen LogP) is 3.42. The van der Waals surface area contributed by atoms with E-state index in [1.165, 1.54) is 11.3 Å². The van der Waals surface area contributed by atoms with E-state index in [0.717, 1.165) is 30.0 Å². The molecule has 0 aromatic carbocycles. The molecule has 0 bridgehead atoms. The van der Waals surface area contributed by atoms with Gasteiger partial charge in [0, 0.05) is 38.9 Å². The molecule has 1 amide bonds. The minimum atomic E-state index is 0.0436. The van der Waals surface area contributed by atoms with Crippen molar-refractivity contribution in [3.8, 4) is 0 Å². The Balaban J connectivity index is 1.59. The van der Waals surface area contributed by atoms with Crippen molar-refractivity contribution < 1.29 is 9.53 Å². The highest BCUT2D eigenvalue weighted by atomic mass is 35.5. The molecule has 1 saturated heterocycles. The minimum Gasteiger partial charge on any atom is -0.383 e. The molecule has 8 heteroatoms. The summed E-state index contributed by atoms with van der Waals surface area (Å²) in [5.74, 6) is 1.22. The minimum absolute atomic E-state index is 0.0436. The number of carbonyl (C=O) groups is 1. The molecule has 1 fully saturated rings. The number of aromatic nitrogens is 3. The molecule has 6 nitrogen and oxygen atoms in total. The predicted molar refractivity (Wildman–Crippen MR) is 102 cm³/mol. The van der Waals surface area contributed by atoms with Gasteiger partial charge in [0.05, 0.1) is 15.8 Å². The molecular weight excluding hydrogens is 372 g/mol. The second-order valence-corrected chi connectivity index (χ2v) is 8.02. The van der Waals surface area contributed by atoms with Gasteiger partial charge in [0.15, 0.2) is 5.65 Å². The van der Waals surface area contributed by atoms with Crippen molar-refractivity contribution >= 4 is 40.0 Å². The van der Waals surface area contributed by atoms with Crippen molar-refractivity contribution in [1.29, 1.82) is 0 Å². The number of halogens is 1. The average Bonchev–Trinajstić information content (AvgIpc) is 3.37. The molecule has 4 heterocycles. The summed E-state index contributed by atoms with van der Waals surface area (Å²) < 4.78 is 8.01. The van der Waals surface area contributed by atoms with E-state index in [2.05, 4.69) is 9.55 Å². The Hall–Kier alpha value is -1.96. The van der Waals surface area contributed by atoms with E-state index in [0.29, 0.717) is 28.9 Å². The molecule has 136 valence electrons. The average molecular weight is 391 g/mol. The maximum Gasteiger partial charge on any atom is 0.263 e. The normalized spacial score (nSPS) is 17.3. The number of thiophene rings is 1. The molecule has 0 saturated carbocycles. The molecule has 0 unspecified atom stereocenters. The topological polar surface area (TPSA) is 60.2 Å². The fraction of sp³-hybridized carbons (Fsp3) is 0.389. The van der Waals surface area contributed by atoms with E-state index in [1.54, 1.807) is 25.4 Å². The number of ether oxygens (including phenoxy) is 1. The van der Waals surface area contributed by atoms with Crippen LogP contribution >= 0.6 is 22.9 Å². The zero-order chi connectivity index (χ0) is 18.1. The van der Waals surface area contributed by atoms with Gasteiger partial charge in [-0.25, -0.2) is 9.97 Å². The number of amides is 1. The zero-order valence-corrected chi connectivity index (χ0v) is 16.0. The van der Waals surface area contributed by atoms with E-state index in [1.807, 2.05) is 17.0 Å². The van der Waals surface area contributed by atoms with E-state index < -0.39 is 0 Å². The van der Waals surface area contributed by atoms with Crippen LogP contribution in [0.2, 0.25) is 4.34 Å². The smallest absolute Gasteiger partial charge is 0.263 e. The van der Waals surface area contributed by atoms with Crippen LogP contribution in [0.15, 0.2) is 30.5 Å². The fourth-order valence-corrected chi connectivity index (χ4v) is 4.44. The van der Waals surface area contributed by atoms with Gasteiger partial charge in [-0.2, -0.15) is 0 Å². The summed E-state index contributed by atoms with van der Waals surface area (Å²) in [7, 11) is 1.69. The van der Waals surface area contributed by atoms with Crippen LogP contribution in [0.5, 0.6) is 0 Å². The molecular formula is C18H19ClN4O2S. The Bertz CT molecular complexity index is 938. The monoisotopic (exact) mass is 390 g/mol. The lowest BCUT2D eigenvalue weighted by Gasteiger charge is -2.16. The van der Waals surface area contributed by atoms with Gasteiger partial charge in [-0.1, -0.05) is 11.6 Å². The van der Waals surface area contributed by atoms with Crippen molar-refractivity contribution in [3.63, 3.8) is 0 Å². The van der Waals surface area contributed by atoms with Crippen molar-refractivity contribution in [2.75, 3.05) is 26.8 Å². The highest BCUT2D eigenvalue weighted by Gasteiger charge is 2.32. The third-order valence-corrected chi connectivity index (χ3v) is 5.90. The number of hydrogen-bond donors (Lipinski definition) is 0. The summed E-state index contributed by atoms with van der Waals surface area (Å²) in [6, 6.07) is 7.43. The van der Waals surface area contributed by atoms with E-state index in [4.69, 9.17) is 21.3 Å². The molecule has 0 radical (unpaired) electrons. The van der Waals surface area contributed by atoms with Gasteiger partial charge >= 0.3 is 0 Å². The van der Waals surface area contributed by atoms with Crippen LogP contribution in [0.4, 0.5) is 0 Å². The second-order valence-electron chi connectivity index (χ2n) is 6.30. The molecule has 0 N–H and O–H groups in total. The standard InChI is InChI=1S/C18H19ClN4O2S/c1-25-10-9-23-16(21-13-3-2-7-20-17(13)23)12-6-8-22(11-12)18(24)14-4-5-15(19)26-14/h2-5,7,12H,6,8-11H2,1H3/t12-/m1/s1. The van der Waals surface area contributed by atoms with Gasteiger partial charge in [0.1, 0.15) is 11.3 Å². The van der Waals surface area contributed by atoms with Gasteiger partial charge < -0.3 is 14.2 Å². The summed E-state index contributed by atoms with van der Waals surface area (Å²) in [6.07, 6.45) is 2.67. The lowest BCUT2D eigenvalue weighted by Crippen LogP contribution is -2.28.